The summed E-state index contributed by atoms with van der Waals surface area (Å²) < 4.78 is 0. The van der Waals surface area contributed by atoms with Gasteiger partial charge in [0.25, 0.3) is 0 Å². The Bertz CT molecular complexity index is 533. The fourth-order valence-corrected chi connectivity index (χ4v) is 2.83. The molecule has 0 saturated carbocycles. The highest BCUT2D eigenvalue weighted by Crippen LogP contribution is 2.21. The number of carbonyl (C=O) groups excluding carboxylic acids is 1. The number of amides is 2. The Morgan fingerprint density at radius 2 is 2.27 bits per heavy atom. The highest BCUT2D eigenvalue weighted by molar-refractivity contribution is 5.75. The molecule has 1 unspecified atom stereocenters. The third-order valence-corrected chi connectivity index (χ3v) is 4.13. The molecule has 1 saturated heterocycles. The summed E-state index contributed by atoms with van der Waals surface area (Å²) in [5.41, 5.74) is 1.90. The van der Waals surface area contributed by atoms with E-state index < -0.39 is 5.97 Å². The van der Waals surface area contributed by atoms with Gasteiger partial charge >= 0.3 is 12.0 Å². The quantitative estimate of drug-likeness (QED) is 0.874. The van der Waals surface area contributed by atoms with Gasteiger partial charge in [-0.1, -0.05) is 6.07 Å². The summed E-state index contributed by atoms with van der Waals surface area (Å²) in [6.45, 7) is 3.06. The van der Waals surface area contributed by atoms with E-state index in [1.54, 1.807) is 11.1 Å². The van der Waals surface area contributed by atoms with E-state index in [2.05, 4.69) is 10.3 Å². The molecule has 2 rings (SSSR count). The average Bonchev–Trinajstić information content (AvgIpc) is 2.52. The predicted octanol–water partition coefficient (Wildman–Crippen LogP) is 2.32. The molecule has 0 aliphatic carbocycles. The average molecular weight is 305 g/mol. The summed E-state index contributed by atoms with van der Waals surface area (Å²) in [5.74, 6) is -0.808. The number of nitrogens with zero attached hydrogens (tertiary/aromatic N) is 2. The van der Waals surface area contributed by atoms with E-state index in [4.69, 9.17) is 5.11 Å². The van der Waals surface area contributed by atoms with Gasteiger partial charge in [-0.2, -0.15) is 0 Å². The molecule has 1 fully saturated rings. The van der Waals surface area contributed by atoms with E-state index in [1.165, 1.54) is 0 Å². The van der Waals surface area contributed by atoms with Crippen molar-refractivity contribution in [2.24, 2.45) is 0 Å². The van der Waals surface area contributed by atoms with Gasteiger partial charge in [-0.15, -0.1) is 0 Å². The third kappa shape index (κ3) is 4.44. The number of rotatable bonds is 5. The van der Waals surface area contributed by atoms with Gasteiger partial charge in [-0.25, -0.2) is 4.79 Å². The Morgan fingerprint density at radius 1 is 1.45 bits per heavy atom. The molecule has 1 atom stereocenters. The van der Waals surface area contributed by atoms with Gasteiger partial charge in [-0.05, 0) is 44.2 Å². The lowest BCUT2D eigenvalue weighted by Crippen LogP contribution is -2.48. The summed E-state index contributed by atoms with van der Waals surface area (Å²) in [6.07, 6.45) is 5.27. The standard InChI is InChI=1S/C16H23N3O3/c1-12-13(5-4-9-17-12)11-18-16(22)19-10-3-2-6-14(19)7-8-15(20)21/h4-5,9,14H,2-3,6-8,10-11H2,1H3,(H,18,22)(H,20,21). The van der Waals surface area contributed by atoms with Crippen molar-refractivity contribution in [3.8, 4) is 0 Å². The Morgan fingerprint density at radius 3 is 3.00 bits per heavy atom. The summed E-state index contributed by atoms with van der Waals surface area (Å²) in [4.78, 5) is 29.1. The van der Waals surface area contributed by atoms with Crippen LogP contribution in [0.15, 0.2) is 18.3 Å². The summed E-state index contributed by atoms with van der Waals surface area (Å²) in [5, 5.41) is 11.8. The molecule has 1 aliphatic heterocycles. The fraction of sp³-hybridized carbons (Fsp3) is 0.562. The van der Waals surface area contributed by atoms with Crippen molar-refractivity contribution in [1.29, 1.82) is 0 Å². The van der Waals surface area contributed by atoms with Crippen LogP contribution in [0.25, 0.3) is 0 Å². The number of aryl methyl sites for hydroxylation is 1. The summed E-state index contributed by atoms with van der Waals surface area (Å²) in [7, 11) is 0. The van der Waals surface area contributed by atoms with E-state index in [0.29, 0.717) is 19.5 Å². The van der Waals surface area contributed by atoms with Crippen molar-refractivity contribution in [1.82, 2.24) is 15.2 Å². The van der Waals surface area contributed by atoms with E-state index in [9.17, 15) is 9.59 Å². The molecule has 0 bridgehead atoms. The molecule has 0 spiro atoms. The number of likely N-dealkylation sites (tertiary alicyclic amines) is 1. The topological polar surface area (TPSA) is 82.5 Å². The molecule has 0 aromatic carbocycles. The molecular weight excluding hydrogens is 282 g/mol. The van der Waals surface area contributed by atoms with Crippen LogP contribution in [-0.4, -0.2) is 39.6 Å². The molecule has 120 valence electrons. The maximum Gasteiger partial charge on any atom is 0.317 e. The van der Waals surface area contributed by atoms with Gasteiger partial charge in [0.05, 0.1) is 0 Å². The second-order valence-corrected chi connectivity index (χ2v) is 5.68. The van der Waals surface area contributed by atoms with Gasteiger partial charge in [-0.3, -0.25) is 9.78 Å². The van der Waals surface area contributed by atoms with Crippen molar-refractivity contribution in [2.75, 3.05) is 6.54 Å². The maximum atomic E-state index is 12.4. The lowest BCUT2D eigenvalue weighted by Gasteiger charge is -2.35. The van der Waals surface area contributed by atoms with E-state index in [-0.39, 0.29) is 18.5 Å². The monoisotopic (exact) mass is 305 g/mol. The second kappa shape index (κ2) is 7.77. The van der Waals surface area contributed by atoms with E-state index >= 15 is 0 Å². The smallest absolute Gasteiger partial charge is 0.317 e. The number of urea groups is 1. The normalized spacial score (nSPS) is 18.0. The minimum atomic E-state index is -0.808. The van der Waals surface area contributed by atoms with E-state index in [0.717, 1.165) is 30.5 Å². The number of aliphatic carboxylic acids is 1. The molecule has 1 aromatic heterocycles. The van der Waals surface area contributed by atoms with Gasteiger partial charge in [0.15, 0.2) is 0 Å². The number of pyridine rings is 1. The number of aromatic nitrogens is 1. The van der Waals surface area contributed by atoms with Gasteiger partial charge in [0.1, 0.15) is 0 Å². The van der Waals surface area contributed by atoms with Crippen LogP contribution in [-0.2, 0) is 11.3 Å². The molecule has 6 nitrogen and oxygen atoms in total. The second-order valence-electron chi connectivity index (χ2n) is 5.68. The minimum Gasteiger partial charge on any atom is -0.481 e. The van der Waals surface area contributed by atoms with Crippen molar-refractivity contribution in [3.63, 3.8) is 0 Å². The van der Waals surface area contributed by atoms with Gasteiger partial charge in [0.2, 0.25) is 0 Å². The molecule has 2 amide bonds. The number of hydrogen-bond donors (Lipinski definition) is 2. The lowest BCUT2D eigenvalue weighted by atomic mass is 9.98. The van der Waals surface area contributed by atoms with Crippen molar-refractivity contribution in [3.05, 3.63) is 29.6 Å². The van der Waals surface area contributed by atoms with Crippen molar-refractivity contribution in [2.45, 2.75) is 51.6 Å². The van der Waals surface area contributed by atoms with Gasteiger partial charge < -0.3 is 15.3 Å². The van der Waals surface area contributed by atoms with Crippen LogP contribution in [0, 0.1) is 6.92 Å². The number of carbonyl (C=O) groups is 2. The molecule has 6 heteroatoms. The zero-order valence-corrected chi connectivity index (χ0v) is 12.9. The number of nitrogens with one attached hydrogen (secondary N) is 1. The predicted molar refractivity (Wildman–Crippen MR) is 82.4 cm³/mol. The maximum absolute atomic E-state index is 12.4. The molecule has 1 aromatic rings. The zero-order valence-electron chi connectivity index (χ0n) is 12.9. The Balaban J connectivity index is 1.91. The largest absolute Gasteiger partial charge is 0.481 e. The van der Waals surface area contributed by atoms with Crippen molar-refractivity contribution < 1.29 is 14.7 Å². The number of carboxylic acid groups (broad SMARTS) is 1. The molecule has 1 aliphatic rings. The van der Waals surface area contributed by atoms with Gasteiger partial charge in [0, 0.05) is 37.4 Å². The van der Waals surface area contributed by atoms with E-state index in [1.807, 2.05) is 19.1 Å². The highest BCUT2D eigenvalue weighted by atomic mass is 16.4. The zero-order chi connectivity index (χ0) is 15.9. The van der Waals surface area contributed by atoms with Crippen molar-refractivity contribution >= 4 is 12.0 Å². The Kier molecular flexibility index (Phi) is 5.75. The SMILES string of the molecule is Cc1ncccc1CNC(=O)N1CCCCC1CCC(=O)O. The summed E-state index contributed by atoms with van der Waals surface area (Å²) >= 11 is 0. The highest BCUT2D eigenvalue weighted by Gasteiger charge is 2.26. The number of hydrogen-bond acceptors (Lipinski definition) is 3. The third-order valence-electron chi connectivity index (χ3n) is 4.13. The first-order valence-electron chi connectivity index (χ1n) is 7.74. The van der Waals surface area contributed by atoms with Crippen LogP contribution in [0.2, 0.25) is 0 Å². The number of piperidine rings is 1. The van der Waals surface area contributed by atoms with Crippen LogP contribution in [0.3, 0.4) is 0 Å². The first-order valence-corrected chi connectivity index (χ1v) is 7.74. The molecule has 22 heavy (non-hydrogen) atoms. The van der Waals surface area contributed by atoms with Crippen LogP contribution < -0.4 is 5.32 Å². The van der Waals surface area contributed by atoms with Crippen LogP contribution in [0.5, 0.6) is 0 Å². The molecule has 0 radical (unpaired) electrons. The Hall–Kier alpha value is -2.11. The van der Waals surface area contributed by atoms with Crippen LogP contribution in [0.4, 0.5) is 4.79 Å². The molecule has 2 N–H and O–H groups in total. The Labute approximate surface area is 130 Å². The first-order chi connectivity index (χ1) is 10.6. The first kappa shape index (κ1) is 16.3. The minimum absolute atomic E-state index is 0.0276. The molecular formula is C16H23N3O3. The summed E-state index contributed by atoms with van der Waals surface area (Å²) in [6, 6.07) is 3.71. The lowest BCUT2D eigenvalue weighted by molar-refractivity contribution is -0.137. The van der Waals surface area contributed by atoms with Crippen LogP contribution in [0.1, 0.15) is 43.4 Å². The number of carboxylic acids is 1. The molecule has 2 heterocycles. The van der Waals surface area contributed by atoms with Crippen LogP contribution >= 0.6 is 0 Å². The fourth-order valence-electron chi connectivity index (χ4n) is 2.83.